The van der Waals surface area contributed by atoms with E-state index in [1.807, 2.05) is 30.2 Å². The van der Waals surface area contributed by atoms with Crippen molar-refractivity contribution in [3.8, 4) is 5.75 Å². The fraction of sp³-hybridized carbons (Fsp3) is 0.455. The largest absolute Gasteiger partial charge is 0.484 e. The van der Waals surface area contributed by atoms with Gasteiger partial charge in [0.05, 0.1) is 18.1 Å². The zero-order valence-corrected chi connectivity index (χ0v) is 10.8. The molecule has 0 aliphatic carbocycles. The van der Waals surface area contributed by atoms with Crippen LogP contribution in [-0.4, -0.2) is 21.8 Å². The summed E-state index contributed by atoms with van der Waals surface area (Å²) in [6, 6.07) is 0. The number of rotatable bonds is 6. The predicted molar refractivity (Wildman–Crippen MR) is 67.1 cm³/mol. The molecule has 0 unspecified atom stereocenters. The Bertz CT molecular complexity index is 465. The van der Waals surface area contributed by atoms with Crippen LogP contribution in [0.5, 0.6) is 5.75 Å². The van der Waals surface area contributed by atoms with Crippen LogP contribution in [0, 0.1) is 0 Å². The van der Waals surface area contributed by atoms with Gasteiger partial charge in [0.15, 0.2) is 5.75 Å². The van der Waals surface area contributed by atoms with Gasteiger partial charge in [-0.25, -0.2) is 4.98 Å². The lowest BCUT2D eigenvalue weighted by Gasteiger charge is -1.99. The van der Waals surface area contributed by atoms with Crippen molar-refractivity contribution >= 4 is 11.3 Å². The van der Waals surface area contributed by atoms with Crippen LogP contribution in [0.2, 0.25) is 0 Å². The molecule has 0 fully saturated rings. The SMILES string of the molecule is CCn1cc(OCc2csc(CNC)n2)cn1. The number of thiazole rings is 1. The Morgan fingerprint density at radius 2 is 2.41 bits per heavy atom. The molecule has 0 spiro atoms. The van der Waals surface area contributed by atoms with Gasteiger partial charge in [-0.3, -0.25) is 4.68 Å². The number of aryl methyl sites for hydroxylation is 1. The molecule has 17 heavy (non-hydrogen) atoms. The molecule has 0 saturated carbocycles. The van der Waals surface area contributed by atoms with Gasteiger partial charge in [0.2, 0.25) is 0 Å². The third kappa shape index (κ3) is 3.28. The van der Waals surface area contributed by atoms with Crippen molar-refractivity contribution in [2.24, 2.45) is 0 Å². The molecule has 0 bridgehead atoms. The summed E-state index contributed by atoms with van der Waals surface area (Å²) < 4.78 is 7.44. The van der Waals surface area contributed by atoms with E-state index in [0.29, 0.717) is 6.61 Å². The third-order valence-electron chi connectivity index (χ3n) is 2.25. The maximum absolute atomic E-state index is 5.61. The molecule has 2 aromatic heterocycles. The first kappa shape index (κ1) is 12.1. The van der Waals surface area contributed by atoms with Crippen molar-refractivity contribution in [3.63, 3.8) is 0 Å². The molecule has 0 saturated heterocycles. The number of hydrogen-bond acceptors (Lipinski definition) is 5. The van der Waals surface area contributed by atoms with Crippen molar-refractivity contribution in [2.45, 2.75) is 26.6 Å². The fourth-order valence-corrected chi connectivity index (χ4v) is 2.19. The van der Waals surface area contributed by atoms with E-state index in [1.54, 1.807) is 17.5 Å². The summed E-state index contributed by atoms with van der Waals surface area (Å²) in [6.07, 6.45) is 3.62. The quantitative estimate of drug-likeness (QED) is 0.849. The summed E-state index contributed by atoms with van der Waals surface area (Å²) in [4.78, 5) is 4.45. The van der Waals surface area contributed by atoms with Crippen LogP contribution < -0.4 is 10.1 Å². The Morgan fingerprint density at radius 3 is 3.12 bits per heavy atom. The first-order valence-corrected chi connectivity index (χ1v) is 6.43. The highest BCUT2D eigenvalue weighted by Gasteiger charge is 2.03. The highest BCUT2D eigenvalue weighted by molar-refractivity contribution is 7.09. The van der Waals surface area contributed by atoms with Gasteiger partial charge in [-0.15, -0.1) is 11.3 Å². The Kier molecular flexibility index (Phi) is 4.11. The average Bonchev–Trinajstić information content (AvgIpc) is 2.95. The normalized spacial score (nSPS) is 10.7. The second kappa shape index (κ2) is 5.79. The highest BCUT2D eigenvalue weighted by atomic mass is 32.1. The van der Waals surface area contributed by atoms with Gasteiger partial charge in [-0.2, -0.15) is 5.10 Å². The molecule has 0 aliphatic rings. The summed E-state index contributed by atoms with van der Waals surface area (Å²) in [5.41, 5.74) is 0.962. The predicted octanol–water partition coefficient (Wildman–Crippen LogP) is 1.66. The lowest BCUT2D eigenvalue weighted by Crippen LogP contribution is -2.05. The first-order valence-electron chi connectivity index (χ1n) is 5.55. The van der Waals surface area contributed by atoms with Gasteiger partial charge < -0.3 is 10.1 Å². The Labute approximate surface area is 104 Å². The van der Waals surface area contributed by atoms with E-state index in [2.05, 4.69) is 15.4 Å². The molecule has 92 valence electrons. The van der Waals surface area contributed by atoms with Gasteiger partial charge in [0, 0.05) is 18.5 Å². The van der Waals surface area contributed by atoms with Gasteiger partial charge in [-0.05, 0) is 14.0 Å². The minimum absolute atomic E-state index is 0.496. The maximum atomic E-state index is 5.61. The van der Waals surface area contributed by atoms with E-state index in [1.165, 1.54) is 0 Å². The molecule has 0 radical (unpaired) electrons. The summed E-state index contributed by atoms with van der Waals surface area (Å²) in [5, 5.41) is 10.3. The van der Waals surface area contributed by atoms with Gasteiger partial charge in [0.25, 0.3) is 0 Å². The van der Waals surface area contributed by atoms with Gasteiger partial charge in [0.1, 0.15) is 11.6 Å². The van der Waals surface area contributed by atoms with E-state index >= 15 is 0 Å². The van der Waals surface area contributed by atoms with Crippen molar-refractivity contribution in [3.05, 3.63) is 28.5 Å². The molecular weight excluding hydrogens is 236 g/mol. The molecule has 6 heteroatoms. The van der Waals surface area contributed by atoms with Crippen LogP contribution in [0.15, 0.2) is 17.8 Å². The molecule has 2 rings (SSSR count). The van der Waals surface area contributed by atoms with Gasteiger partial charge in [-0.1, -0.05) is 0 Å². The standard InChI is InChI=1S/C11H16N4OS/c1-3-15-6-10(4-13-15)16-7-9-8-17-11(14-9)5-12-2/h4,6,8,12H,3,5,7H2,1-2H3. The molecule has 0 aliphatic heterocycles. The number of nitrogens with zero attached hydrogens (tertiary/aromatic N) is 3. The number of hydrogen-bond donors (Lipinski definition) is 1. The molecular formula is C11H16N4OS. The highest BCUT2D eigenvalue weighted by Crippen LogP contribution is 2.14. The lowest BCUT2D eigenvalue weighted by molar-refractivity contribution is 0.301. The van der Waals surface area contributed by atoms with Crippen LogP contribution in [-0.2, 0) is 19.7 Å². The molecule has 0 atom stereocenters. The van der Waals surface area contributed by atoms with E-state index in [-0.39, 0.29) is 0 Å². The number of aromatic nitrogens is 3. The van der Waals surface area contributed by atoms with Crippen LogP contribution in [0.4, 0.5) is 0 Å². The fourth-order valence-electron chi connectivity index (χ4n) is 1.40. The van der Waals surface area contributed by atoms with Crippen LogP contribution >= 0.6 is 11.3 Å². The van der Waals surface area contributed by atoms with Crippen LogP contribution in [0.25, 0.3) is 0 Å². The molecule has 0 amide bonds. The molecule has 5 nitrogen and oxygen atoms in total. The van der Waals surface area contributed by atoms with Crippen molar-refractivity contribution < 1.29 is 4.74 Å². The van der Waals surface area contributed by atoms with Crippen LogP contribution in [0.1, 0.15) is 17.6 Å². The molecule has 0 aromatic carbocycles. The number of ether oxygens (including phenoxy) is 1. The Balaban J connectivity index is 1.88. The minimum atomic E-state index is 0.496. The molecule has 2 heterocycles. The van der Waals surface area contributed by atoms with Crippen molar-refractivity contribution in [2.75, 3.05) is 7.05 Å². The molecule has 1 N–H and O–H groups in total. The summed E-state index contributed by atoms with van der Waals surface area (Å²) in [7, 11) is 1.91. The van der Waals surface area contributed by atoms with E-state index < -0.39 is 0 Å². The minimum Gasteiger partial charge on any atom is -0.484 e. The van der Waals surface area contributed by atoms with Crippen LogP contribution in [0.3, 0.4) is 0 Å². The topological polar surface area (TPSA) is 52.0 Å². The van der Waals surface area contributed by atoms with Crippen molar-refractivity contribution in [1.29, 1.82) is 0 Å². The van der Waals surface area contributed by atoms with E-state index in [4.69, 9.17) is 4.74 Å². The smallest absolute Gasteiger partial charge is 0.157 e. The number of nitrogens with one attached hydrogen (secondary N) is 1. The Hall–Kier alpha value is -1.40. The first-order chi connectivity index (χ1) is 8.31. The zero-order chi connectivity index (χ0) is 12.1. The lowest BCUT2D eigenvalue weighted by atomic mass is 10.5. The second-order valence-electron chi connectivity index (χ2n) is 3.58. The van der Waals surface area contributed by atoms with E-state index in [0.717, 1.165) is 29.5 Å². The molecule has 2 aromatic rings. The zero-order valence-electron chi connectivity index (χ0n) is 10.0. The summed E-state index contributed by atoms with van der Waals surface area (Å²) in [5.74, 6) is 0.787. The average molecular weight is 252 g/mol. The van der Waals surface area contributed by atoms with Crippen molar-refractivity contribution in [1.82, 2.24) is 20.1 Å². The monoisotopic (exact) mass is 252 g/mol. The van der Waals surface area contributed by atoms with Gasteiger partial charge >= 0.3 is 0 Å². The maximum Gasteiger partial charge on any atom is 0.157 e. The second-order valence-corrected chi connectivity index (χ2v) is 4.53. The van der Waals surface area contributed by atoms with E-state index in [9.17, 15) is 0 Å². The summed E-state index contributed by atoms with van der Waals surface area (Å²) in [6.45, 7) is 4.20. The Morgan fingerprint density at radius 1 is 1.53 bits per heavy atom. The third-order valence-corrected chi connectivity index (χ3v) is 3.15. The summed E-state index contributed by atoms with van der Waals surface area (Å²) >= 11 is 1.64.